The van der Waals surface area contributed by atoms with Gasteiger partial charge in [-0.15, -0.1) is 0 Å². The van der Waals surface area contributed by atoms with Crippen LogP contribution in [0.2, 0.25) is 0 Å². The lowest BCUT2D eigenvalue weighted by atomic mass is 9.61. The zero-order valence-electron chi connectivity index (χ0n) is 24.1. The Hall–Kier alpha value is -1.96. The fraction of sp³-hybridized carbons (Fsp3) is 0.742. The molecular formula is C31H46O7. The number of hydrogen-bond acceptors (Lipinski definition) is 7. The molecule has 1 N–H and O–H groups in total. The molecule has 1 saturated carbocycles. The Morgan fingerprint density at radius 2 is 1.79 bits per heavy atom. The summed E-state index contributed by atoms with van der Waals surface area (Å²) in [5, 5.41) is 9.52. The molecule has 0 aromatic heterocycles. The van der Waals surface area contributed by atoms with E-state index in [0.29, 0.717) is 54.1 Å². The molecule has 1 heterocycles. The minimum absolute atomic E-state index is 0.128. The predicted octanol–water partition coefficient (Wildman–Crippen LogP) is 4.98. The van der Waals surface area contributed by atoms with Gasteiger partial charge in [-0.25, -0.2) is 0 Å². The van der Waals surface area contributed by atoms with Crippen molar-refractivity contribution in [3.8, 4) is 0 Å². The molecule has 5 aliphatic rings. The molecule has 4 aliphatic carbocycles. The van der Waals surface area contributed by atoms with E-state index < -0.39 is 0 Å². The maximum absolute atomic E-state index is 9.52. The standard InChI is InChI=1S/C31H46O7/c1-16(8-9-32)20-12-21-18(3)38-24-14-27(30(35-6)17(2)28(24)29(21)23-13-22(20)23)37-15-19-10-25(33-4)31(36-7)26(11-19)34-5/h10,12,16-18,21-24,26,28-29,32H,8-9,11,13-15H2,1-7H3. The summed E-state index contributed by atoms with van der Waals surface area (Å²) in [5.74, 6) is 6.75. The summed E-state index contributed by atoms with van der Waals surface area (Å²) < 4.78 is 36.0. The second-order valence-electron chi connectivity index (χ2n) is 11.8. The summed E-state index contributed by atoms with van der Waals surface area (Å²) in [6.07, 6.45) is 8.17. The molecule has 10 unspecified atom stereocenters. The lowest BCUT2D eigenvalue weighted by Gasteiger charge is -2.52. The summed E-state index contributed by atoms with van der Waals surface area (Å²) in [6, 6.07) is 0. The summed E-state index contributed by atoms with van der Waals surface area (Å²) in [7, 11) is 6.74. The fourth-order valence-corrected chi connectivity index (χ4v) is 8.00. The van der Waals surface area contributed by atoms with Crippen LogP contribution in [0.4, 0.5) is 0 Å². The van der Waals surface area contributed by atoms with Gasteiger partial charge in [0.1, 0.15) is 24.2 Å². The highest BCUT2D eigenvalue weighted by molar-refractivity contribution is 5.32. The molecule has 0 spiro atoms. The Bertz CT molecular complexity index is 1010. The van der Waals surface area contributed by atoms with Crippen molar-refractivity contribution < 1.29 is 33.5 Å². The van der Waals surface area contributed by atoms with Crippen LogP contribution in [0.25, 0.3) is 0 Å². The van der Waals surface area contributed by atoms with Crippen LogP contribution in [0.15, 0.2) is 46.3 Å². The molecule has 0 aromatic rings. The van der Waals surface area contributed by atoms with E-state index in [1.807, 2.05) is 6.08 Å². The Labute approximate surface area is 227 Å². The SMILES string of the molecule is COC1=C(OC)C(OC)CC(COC2=C(OC)C(C)C3C(C2)OC(C)C2C=C(C(C)CCO)C4CC4C23)=C1. The van der Waals surface area contributed by atoms with E-state index in [-0.39, 0.29) is 30.8 Å². The number of hydrogen-bond donors (Lipinski definition) is 1. The van der Waals surface area contributed by atoms with Crippen LogP contribution in [-0.2, 0) is 28.4 Å². The Kier molecular flexibility index (Phi) is 8.18. The van der Waals surface area contributed by atoms with Gasteiger partial charge in [0.05, 0.1) is 33.5 Å². The molecule has 1 aliphatic heterocycles. The van der Waals surface area contributed by atoms with Crippen LogP contribution in [0, 0.1) is 41.4 Å². The Morgan fingerprint density at radius 1 is 1.03 bits per heavy atom. The highest BCUT2D eigenvalue weighted by Gasteiger charge is 2.60. The summed E-state index contributed by atoms with van der Waals surface area (Å²) in [4.78, 5) is 0. The van der Waals surface area contributed by atoms with Crippen LogP contribution in [0.3, 0.4) is 0 Å². The maximum atomic E-state index is 9.52. The van der Waals surface area contributed by atoms with E-state index in [4.69, 9.17) is 28.4 Å². The largest absolute Gasteiger partial charge is 0.497 e. The van der Waals surface area contributed by atoms with E-state index >= 15 is 0 Å². The average Bonchev–Trinajstić information content (AvgIpc) is 3.72. The first kappa shape index (κ1) is 27.6. The van der Waals surface area contributed by atoms with Gasteiger partial charge in [0.25, 0.3) is 0 Å². The first-order chi connectivity index (χ1) is 18.4. The molecular weight excluding hydrogens is 484 g/mol. The van der Waals surface area contributed by atoms with Gasteiger partial charge in [0.2, 0.25) is 0 Å². The first-order valence-corrected chi connectivity index (χ1v) is 14.3. The van der Waals surface area contributed by atoms with Gasteiger partial charge in [-0.2, -0.15) is 0 Å². The minimum atomic E-state index is -0.195. The molecule has 7 heteroatoms. The molecule has 0 amide bonds. The number of allylic oxidation sites excluding steroid dienone is 3. The van der Waals surface area contributed by atoms with Gasteiger partial charge in [0.15, 0.2) is 11.5 Å². The molecule has 2 fully saturated rings. The Morgan fingerprint density at radius 3 is 2.45 bits per heavy atom. The normalized spacial score (nSPS) is 38.8. The number of ether oxygens (including phenoxy) is 6. The molecule has 7 nitrogen and oxygen atoms in total. The van der Waals surface area contributed by atoms with Crippen LogP contribution >= 0.6 is 0 Å². The van der Waals surface area contributed by atoms with Crippen LogP contribution in [0.1, 0.15) is 46.5 Å². The van der Waals surface area contributed by atoms with E-state index in [9.17, 15) is 5.11 Å². The highest BCUT2D eigenvalue weighted by Crippen LogP contribution is 2.64. The van der Waals surface area contributed by atoms with Crippen molar-refractivity contribution in [1.29, 1.82) is 0 Å². The minimum Gasteiger partial charge on any atom is -0.497 e. The third kappa shape index (κ3) is 4.79. The van der Waals surface area contributed by atoms with Crippen molar-refractivity contribution in [3.05, 3.63) is 46.3 Å². The third-order valence-corrected chi connectivity index (χ3v) is 9.87. The predicted molar refractivity (Wildman–Crippen MR) is 144 cm³/mol. The lowest BCUT2D eigenvalue weighted by Crippen LogP contribution is -2.52. The summed E-state index contributed by atoms with van der Waals surface area (Å²) in [6.45, 7) is 7.49. The first-order valence-electron chi connectivity index (χ1n) is 14.3. The third-order valence-electron chi connectivity index (χ3n) is 9.87. The lowest BCUT2D eigenvalue weighted by molar-refractivity contribution is -0.158. The molecule has 5 rings (SSSR count). The molecule has 0 aromatic carbocycles. The molecule has 1 saturated heterocycles. The Balaban J connectivity index is 1.36. The van der Waals surface area contributed by atoms with Crippen molar-refractivity contribution in [2.24, 2.45) is 41.4 Å². The molecule has 0 radical (unpaired) electrons. The van der Waals surface area contributed by atoms with Gasteiger partial charge in [-0.1, -0.05) is 25.5 Å². The van der Waals surface area contributed by atoms with E-state index in [1.54, 1.807) is 34.0 Å². The van der Waals surface area contributed by atoms with Crippen molar-refractivity contribution in [1.82, 2.24) is 0 Å². The smallest absolute Gasteiger partial charge is 0.166 e. The van der Waals surface area contributed by atoms with Gasteiger partial charge in [-0.05, 0) is 61.0 Å². The van der Waals surface area contributed by atoms with Crippen molar-refractivity contribution in [3.63, 3.8) is 0 Å². The van der Waals surface area contributed by atoms with Crippen molar-refractivity contribution >= 4 is 0 Å². The van der Waals surface area contributed by atoms with Crippen LogP contribution < -0.4 is 0 Å². The quantitative estimate of drug-likeness (QED) is 0.399. The van der Waals surface area contributed by atoms with Gasteiger partial charge in [0, 0.05) is 38.4 Å². The van der Waals surface area contributed by atoms with Gasteiger partial charge >= 0.3 is 0 Å². The monoisotopic (exact) mass is 530 g/mol. The molecule has 38 heavy (non-hydrogen) atoms. The zero-order chi connectivity index (χ0) is 27.1. The number of fused-ring (bicyclic) bond motifs is 5. The zero-order valence-corrected chi connectivity index (χ0v) is 24.1. The van der Waals surface area contributed by atoms with Crippen LogP contribution in [-0.4, -0.2) is 65.1 Å². The second kappa shape index (κ2) is 11.3. The average molecular weight is 531 g/mol. The van der Waals surface area contributed by atoms with E-state index in [1.165, 1.54) is 6.42 Å². The molecule has 10 atom stereocenters. The molecule has 212 valence electrons. The second-order valence-corrected chi connectivity index (χ2v) is 11.8. The number of aliphatic hydroxyl groups excluding tert-OH is 1. The van der Waals surface area contributed by atoms with E-state index in [2.05, 4.69) is 26.8 Å². The number of aliphatic hydroxyl groups is 1. The summed E-state index contributed by atoms with van der Waals surface area (Å²) >= 11 is 0. The highest BCUT2D eigenvalue weighted by atomic mass is 16.5. The van der Waals surface area contributed by atoms with Crippen molar-refractivity contribution in [2.45, 2.75) is 64.8 Å². The maximum Gasteiger partial charge on any atom is 0.166 e. The van der Waals surface area contributed by atoms with Gasteiger partial charge < -0.3 is 33.5 Å². The van der Waals surface area contributed by atoms with E-state index in [0.717, 1.165) is 35.9 Å². The van der Waals surface area contributed by atoms with Gasteiger partial charge in [-0.3, -0.25) is 0 Å². The molecule has 0 bridgehead atoms. The van der Waals surface area contributed by atoms with Crippen LogP contribution in [0.5, 0.6) is 0 Å². The topological polar surface area (TPSA) is 75.6 Å². The van der Waals surface area contributed by atoms with Crippen molar-refractivity contribution in [2.75, 3.05) is 41.7 Å². The summed E-state index contributed by atoms with van der Waals surface area (Å²) in [5.41, 5.74) is 2.65. The fourth-order valence-electron chi connectivity index (χ4n) is 8.00. The number of rotatable bonds is 10. The number of methoxy groups -OCH3 is 4.